The van der Waals surface area contributed by atoms with E-state index in [0.29, 0.717) is 41.8 Å². The van der Waals surface area contributed by atoms with Gasteiger partial charge in [-0.05, 0) is 17.7 Å². The Bertz CT molecular complexity index is 1300. The van der Waals surface area contributed by atoms with Gasteiger partial charge in [0.25, 0.3) is 0 Å². The number of urea groups is 1. The van der Waals surface area contributed by atoms with Crippen molar-refractivity contribution in [3.63, 3.8) is 0 Å². The molecular formula is C21H18F7N7O. The monoisotopic (exact) mass is 517 g/mol. The summed E-state index contributed by atoms with van der Waals surface area (Å²) in [6, 6.07) is 5.67. The number of aromatic nitrogens is 3. The van der Waals surface area contributed by atoms with Gasteiger partial charge in [0.15, 0.2) is 17.0 Å². The standard InChI is InChI=1S/C21H18F7N7O/c22-12-3-1-11(2-4-12)13(34-9-19(10-34)8-30-18(36)32-19)7-29-16-5-14(20(23,24)25)31-17-6-15(21(26,27)28)33-35(16)17/h1-6,13,29H,7-10H2,(H2,30,32,36)/t13-/m1/s1. The number of halogens is 7. The Labute approximate surface area is 198 Å². The van der Waals surface area contributed by atoms with Crippen LogP contribution in [0.3, 0.4) is 0 Å². The minimum Gasteiger partial charge on any atom is -0.368 e. The Morgan fingerprint density at radius 2 is 1.69 bits per heavy atom. The topological polar surface area (TPSA) is 86.6 Å². The molecule has 2 amide bonds. The number of amides is 2. The van der Waals surface area contributed by atoms with Gasteiger partial charge in [0, 0.05) is 38.3 Å². The number of carbonyl (C=O) groups excluding carboxylic acids is 1. The summed E-state index contributed by atoms with van der Waals surface area (Å²) >= 11 is 0. The van der Waals surface area contributed by atoms with Crippen LogP contribution in [0.15, 0.2) is 36.4 Å². The lowest BCUT2D eigenvalue weighted by Crippen LogP contribution is -2.69. The van der Waals surface area contributed by atoms with E-state index in [9.17, 15) is 35.5 Å². The maximum atomic E-state index is 13.5. The molecule has 8 nitrogen and oxygen atoms in total. The van der Waals surface area contributed by atoms with Crippen LogP contribution < -0.4 is 16.0 Å². The zero-order valence-electron chi connectivity index (χ0n) is 18.2. The van der Waals surface area contributed by atoms with E-state index in [0.717, 1.165) is 0 Å². The van der Waals surface area contributed by atoms with E-state index >= 15 is 0 Å². The minimum atomic E-state index is -4.91. The van der Waals surface area contributed by atoms with Crippen molar-refractivity contribution in [1.29, 1.82) is 0 Å². The summed E-state index contributed by atoms with van der Waals surface area (Å²) in [4.78, 5) is 16.8. The molecule has 0 radical (unpaired) electrons. The van der Waals surface area contributed by atoms with Crippen LogP contribution >= 0.6 is 0 Å². The van der Waals surface area contributed by atoms with Crippen molar-refractivity contribution in [2.75, 3.05) is 31.5 Å². The Morgan fingerprint density at radius 3 is 2.28 bits per heavy atom. The number of fused-ring (bicyclic) bond motifs is 1. The van der Waals surface area contributed by atoms with E-state index < -0.39 is 46.8 Å². The predicted octanol–water partition coefficient (Wildman–Crippen LogP) is 3.43. The second-order valence-electron chi connectivity index (χ2n) is 8.76. The van der Waals surface area contributed by atoms with Crippen molar-refractivity contribution in [1.82, 2.24) is 30.1 Å². The van der Waals surface area contributed by atoms with Crippen molar-refractivity contribution in [3.05, 3.63) is 59.2 Å². The van der Waals surface area contributed by atoms with Gasteiger partial charge < -0.3 is 16.0 Å². The fourth-order valence-corrected chi connectivity index (χ4v) is 4.45. The molecule has 15 heteroatoms. The molecule has 0 aliphatic carbocycles. The average molecular weight is 517 g/mol. The van der Waals surface area contributed by atoms with Crippen molar-refractivity contribution >= 4 is 17.5 Å². The molecule has 192 valence electrons. The van der Waals surface area contributed by atoms with Crippen LogP contribution in [0.5, 0.6) is 0 Å². The van der Waals surface area contributed by atoms with E-state index in [4.69, 9.17) is 0 Å². The lowest BCUT2D eigenvalue weighted by Gasteiger charge is -2.50. The van der Waals surface area contributed by atoms with Crippen molar-refractivity contribution in [3.8, 4) is 0 Å². The number of nitrogens with one attached hydrogen (secondary N) is 3. The van der Waals surface area contributed by atoms with E-state index in [1.807, 2.05) is 4.90 Å². The van der Waals surface area contributed by atoms with Gasteiger partial charge in [-0.25, -0.2) is 14.2 Å². The van der Waals surface area contributed by atoms with Gasteiger partial charge in [0.1, 0.15) is 11.6 Å². The predicted molar refractivity (Wildman–Crippen MR) is 111 cm³/mol. The molecule has 2 aliphatic rings. The highest BCUT2D eigenvalue weighted by Gasteiger charge is 2.50. The molecule has 4 heterocycles. The summed E-state index contributed by atoms with van der Waals surface area (Å²) in [5, 5.41) is 11.7. The average Bonchev–Trinajstić information content (AvgIpc) is 3.38. The molecule has 2 saturated heterocycles. The highest BCUT2D eigenvalue weighted by atomic mass is 19.4. The van der Waals surface area contributed by atoms with Crippen LogP contribution in [0.25, 0.3) is 5.65 Å². The van der Waals surface area contributed by atoms with Crippen molar-refractivity contribution < 1.29 is 35.5 Å². The molecule has 0 saturated carbocycles. The molecule has 5 rings (SSSR count). The molecule has 3 aromatic rings. The summed E-state index contributed by atoms with van der Waals surface area (Å²) in [6.45, 7) is 1.13. The number of hydrogen-bond donors (Lipinski definition) is 3. The maximum absolute atomic E-state index is 13.5. The molecule has 36 heavy (non-hydrogen) atoms. The molecule has 0 unspecified atom stereocenters. The normalized spacial score (nSPS) is 18.7. The quantitative estimate of drug-likeness (QED) is 0.452. The summed E-state index contributed by atoms with van der Waals surface area (Å²) in [5.41, 5.74) is -3.28. The first-order valence-corrected chi connectivity index (χ1v) is 10.7. The molecule has 0 bridgehead atoms. The fourth-order valence-electron chi connectivity index (χ4n) is 4.45. The van der Waals surface area contributed by atoms with E-state index in [1.54, 1.807) is 0 Å². The summed E-state index contributed by atoms with van der Waals surface area (Å²) < 4.78 is 93.9. The minimum absolute atomic E-state index is 0.0549. The highest BCUT2D eigenvalue weighted by molar-refractivity contribution is 5.78. The van der Waals surface area contributed by atoms with Gasteiger partial charge in [0.05, 0.1) is 11.6 Å². The van der Waals surface area contributed by atoms with E-state index in [2.05, 4.69) is 26.0 Å². The van der Waals surface area contributed by atoms with Crippen LogP contribution in [-0.2, 0) is 12.4 Å². The third-order valence-electron chi connectivity index (χ3n) is 6.16. The van der Waals surface area contributed by atoms with Crippen LogP contribution in [0, 0.1) is 5.82 Å². The molecule has 2 aromatic heterocycles. The number of benzene rings is 1. The number of rotatable bonds is 5. The molecule has 1 atom stereocenters. The fraction of sp³-hybridized carbons (Fsp3) is 0.381. The second kappa shape index (κ2) is 8.21. The Kier molecular flexibility index (Phi) is 5.50. The third-order valence-corrected chi connectivity index (χ3v) is 6.16. The summed E-state index contributed by atoms with van der Waals surface area (Å²) in [6.07, 6.45) is -9.79. The first-order valence-electron chi connectivity index (χ1n) is 10.7. The molecule has 2 aliphatic heterocycles. The van der Waals surface area contributed by atoms with Gasteiger partial charge in [-0.2, -0.15) is 36.0 Å². The number of nitrogens with zero attached hydrogens (tertiary/aromatic N) is 4. The van der Waals surface area contributed by atoms with Crippen molar-refractivity contribution in [2.45, 2.75) is 23.9 Å². The molecule has 2 fully saturated rings. The zero-order chi connectivity index (χ0) is 25.9. The van der Waals surface area contributed by atoms with Gasteiger partial charge in [-0.1, -0.05) is 12.1 Å². The number of alkyl halides is 6. The van der Waals surface area contributed by atoms with Gasteiger partial charge >= 0.3 is 18.4 Å². The van der Waals surface area contributed by atoms with Crippen LogP contribution in [-0.4, -0.2) is 57.2 Å². The van der Waals surface area contributed by atoms with Crippen LogP contribution in [0.4, 0.5) is 41.3 Å². The molecule has 3 N–H and O–H groups in total. The van der Waals surface area contributed by atoms with Gasteiger partial charge in [-0.15, -0.1) is 0 Å². The largest absolute Gasteiger partial charge is 0.435 e. The van der Waals surface area contributed by atoms with Crippen molar-refractivity contribution in [2.24, 2.45) is 0 Å². The lowest BCUT2D eigenvalue weighted by atomic mass is 9.87. The van der Waals surface area contributed by atoms with Gasteiger partial charge in [-0.3, -0.25) is 4.90 Å². The number of anilines is 1. The Morgan fingerprint density at radius 1 is 1.03 bits per heavy atom. The number of hydrogen-bond acceptors (Lipinski definition) is 5. The lowest BCUT2D eigenvalue weighted by molar-refractivity contribution is -0.142. The summed E-state index contributed by atoms with van der Waals surface area (Å²) in [5.74, 6) is -0.833. The Balaban J connectivity index is 1.46. The molecule has 1 aromatic carbocycles. The number of likely N-dealkylation sites (tertiary alicyclic amines) is 1. The number of carbonyl (C=O) groups is 1. The Hall–Kier alpha value is -3.62. The highest BCUT2D eigenvalue weighted by Crippen LogP contribution is 2.35. The second-order valence-corrected chi connectivity index (χ2v) is 8.76. The first kappa shape index (κ1) is 24.1. The SMILES string of the molecule is O=C1NCC2(CN([C@H](CNc3cc(C(F)(F)F)nc4cc(C(F)(F)F)nn34)c3ccc(F)cc3)C2)N1. The van der Waals surface area contributed by atoms with Gasteiger partial charge in [0.2, 0.25) is 0 Å². The molecule has 1 spiro atoms. The van der Waals surface area contributed by atoms with E-state index in [1.165, 1.54) is 24.3 Å². The maximum Gasteiger partial charge on any atom is 0.435 e. The van der Waals surface area contributed by atoms with Crippen LogP contribution in [0.2, 0.25) is 0 Å². The van der Waals surface area contributed by atoms with E-state index in [-0.39, 0.29) is 18.4 Å². The van der Waals surface area contributed by atoms with Crippen LogP contribution in [0.1, 0.15) is 23.0 Å². The third kappa shape index (κ3) is 4.50. The smallest absolute Gasteiger partial charge is 0.368 e. The zero-order valence-corrected chi connectivity index (χ0v) is 18.2. The summed E-state index contributed by atoms with van der Waals surface area (Å²) in [7, 11) is 0. The molecular weight excluding hydrogens is 499 g/mol. The first-order chi connectivity index (χ1) is 16.8.